The van der Waals surface area contributed by atoms with Gasteiger partial charge in [-0.25, -0.2) is 8.42 Å². The molecule has 2 rings (SSSR count). The highest BCUT2D eigenvalue weighted by atomic mass is 32.2. The van der Waals surface area contributed by atoms with Crippen LogP contribution < -0.4 is 0 Å². The summed E-state index contributed by atoms with van der Waals surface area (Å²) in [5.74, 6) is -2.06. The summed E-state index contributed by atoms with van der Waals surface area (Å²) < 4.78 is 26.7. The first kappa shape index (κ1) is 17.4. The van der Waals surface area contributed by atoms with Crippen molar-refractivity contribution in [3.8, 4) is 0 Å². The van der Waals surface area contributed by atoms with Gasteiger partial charge in [0.15, 0.2) is 0 Å². The number of nitro benzene ring substituents is 1. The van der Waals surface area contributed by atoms with Crippen molar-refractivity contribution in [2.45, 2.75) is 25.7 Å². The topological polar surface area (TPSA) is 118 Å². The Morgan fingerprint density at radius 1 is 1.30 bits per heavy atom. The number of carbonyl (C=O) groups is 1. The molecule has 0 unspecified atom stereocenters. The third-order valence-electron chi connectivity index (χ3n) is 4.20. The summed E-state index contributed by atoms with van der Waals surface area (Å²) in [7, 11) is -3.89. The molecule has 1 aliphatic rings. The second-order valence-electron chi connectivity index (χ2n) is 5.91. The van der Waals surface area contributed by atoms with Crippen LogP contribution in [0.25, 0.3) is 0 Å². The van der Waals surface area contributed by atoms with Crippen LogP contribution in [0.1, 0.15) is 18.1 Å². The van der Waals surface area contributed by atoms with Crippen LogP contribution in [0.3, 0.4) is 0 Å². The lowest BCUT2D eigenvalue weighted by atomic mass is 9.99. The molecule has 1 heterocycles. The van der Waals surface area contributed by atoms with Gasteiger partial charge in [0.2, 0.25) is 10.0 Å². The van der Waals surface area contributed by atoms with Crippen molar-refractivity contribution in [3.63, 3.8) is 0 Å². The molecular weight excluding hydrogens is 324 g/mol. The number of benzene rings is 1. The number of aryl methyl sites for hydroxylation is 2. The van der Waals surface area contributed by atoms with E-state index in [1.807, 2.05) is 0 Å². The highest BCUT2D eigenvalue weighted by Gasteiger charge is 2.41. The first-order valence-electron chi connectivity index (χ1n) is 7.04. The van der Waals surface area contributed by atoms with Crippen molar-refractivity contribution >= 4 is 21.7 Å². The molecule has 23 heavy (non-hydrogen) atoms. The number of carboxylic acid groups (broad SMARTS) is 1. The predicted molar refractivity (Wildman–Crippen MR) is 81.6 cm³/mol. The Balaban J connectivity index is 2.44. The predicted octanol–water partition coefficient (Wildman–Crippen LogP) is 1.55. The molecule has 0 amide bonds. The van der Waals surface area contributed by atoms with Gasteiger partial charge < -0.3 is 5.11 Å². The van der Waals surface area contributed by atoms with Gasteiger partial charge in [0.05, 0.1) is 15.7 Å². The summed E-state index contributed by atoms with van der Waals surface area (Å²) >= 11 is 0. The van der Waals surface area contributed by atoms with Crippen molar-refractivity contribution in [1.82, 2.24) is 4.31 Å². The van der Waals surface area contributed by atoms with E-state index in [0.717, 1.165) is 4.31 Å². The summed E-state index contributed by atoms with van der Waals surface area (Å²) in [6.07, 6.45) is 0. The summed E-state index contributed by atoms with van der Waals surface area (Å²) in [5, 5.41) is 20.1. The number of hydrogen-bond acceptors (Lipinski definition) is 5. The van der Waals surface area contributed by atoms with E-state index in [1.165, 1.54) is 26.0 Å². The second kappa shape index (κ2) is 5.89. The Morgan fingerprint density at radius 3 is 2.39 bits per heavy atom. The molecule has 0 bridgehead atoms. The van der Waals surface area contributed by atoms with Gasteiger partial charge in [-0.15, -0.1) is 0 Å². The Morgan fingerprint density at radius 2 is 1.91 bits per heavy atom. The number of nitro groups is 1. The van der Waals surface area contributed by atoms with E-state index >= 15 is 0 Å². The van der Waals surface area contributed by atoms with Gasteiger partial charge in [0.25, 0.3) is 5.69 Å². The number of nitrogens with zero attached hydrogens (tertiary/aromatic N) is 2. The fraction of sp³-hybridized carbons (Fsp3) is 0.500. The molecule has 1 N–H and O–H groups in total. The largest absolute Gasteiger partial charge is 0.481 e. The van der Waals surface area contributed by atoms with Crippen LogP contribution >= 0.6 is 0 Å². The summed E-state index contributed by atoms with van der Waals surface area (Å²) in [6, 6.07) is 2.51. The number of carboxylic acids is 1. The highest BCUT2D eigenvalue weighted by molar-refractivity contribution is 7.89. The molecule has 2 atom stereocenters. The number of sulfonamides is 1. The van der Waals surface area contributed by atoms with Gasteiger partial charge in [0.1, 0.15) is 0 Å². The minimum atomic E-state index is -3.89. The maximum Gasteiger partial charge on any atom is 0.308 e. The molecule has 0 spiro atoms. The van der Waals surface area contributed by atoms with Crippen LogP contribution in [-0.4, -0.2) is 41.8 Å². The quantitative estimate of drug-likeness (QED) is 0.655. The molecule has 1 fully saturated rings. The molecule has 1 saturated heterocycles. The minimum absolute atomic E-state index is 0.0150. The van der Waals surface area contributed by atoms with E-state index in [9.17, 15) is 23.3 Å². The molecule has 0 aliphatic carbocycles. The maximum absolute atomic E-state index is 12.8. The van der Waals surface area contributed by atoms with Crippen molar-refractivity contribution < 1.29 is 23.2 Å². The average Bonchev–Trinajstić information content (AvgIpc) is 2.83. The van der Waals surface area contributed by atoms with E-state index < -0.39 is 26.8 Å². The first-order valence-corrected chi connectivity index (χ1v) is 8.48. The fourth-order valence-corrected chi connectivity index (χ4v) is 4.69. The monoisotopic (exact) mass is 342 g/mol. The van der Waals surface area contributed by atoms with E-state index in [1.54, 1.807) is 6.92 Å². The third kappa shape index (κ3) is 3.06. The van der Waals surface area contributed by atoms with Crippen LogP contribution in [0.15, 0.2) is 17.0 Å². The smallest absolute Gasteiger partial charge is 0.308 e. The lowest BCUT2D eigenvalue weighted by Gasteiger charge is -2.18. The van der Waals surface area contributed by atoms with E-state index in [-0.39, 0.29) is 40.7 Å². The lowest BCUT2D eigenvalue weighted by molar-refractivity contribution is -0.385. The maximum atomic E-state index is 12.8. The van der Waals surface area contributed by atoms with Crippen LogP contribution in [0.2, 0.25) is 0 Å². The van der Waals surface area contributed by atoms with Crippen LogP contribution in [-0.2, 0) is 14.8 Å². The second-order valence-corrected chi connectivity index (χ2v) is 7.81. The van der Waals surface area contributed by atoms with Crippen LogP contribution in [0.4, 0.5) is 5.69 Å². The van der Waals surface area contributed by atoms with Gasteiger partial charge in [-0.1, -0.05) is 6.92 Å². The van der Waals surface area contributed by atoms with Crippen LogP contribution in [0, 0.1) is 35.8 Å². The number of rotatable bonds is 4. The summed E-state index contributed by atoms with van der Waals surface area (Å²) in [6.45, 7) is 4.70. The van der Waals surface area contributed by atoms with Gasteiger partial charge in [-0.05, 0) is 31.4 Å². The lowest BCUT2D eigenvalue weighted by Crippen LogP contribution is -2.30. The summed E-state index contributed by atoms with van der Waals surface area (Å²) in [5.41, 5.74) is 0.384. The van der Waals surface area contributed by atoms with Crippen LogP contribution in [0.5, 0.6) is 0 Å². The van der Waals surface area contributed by atoms with Crippen molar-refractivity contribution in [1.29, 1.82) is 0 Å². The Hall–Kier alpha value is -2.00. The van der Waals surface area contributed by atoms with E-state index in [0.29, 0.717) is 0 Å². The minimum Gasteiger partial charge on any atom is -0.481 e. The van der Waals surface area contributed by atoms with E-state index in [4.69, 9.17) is 5.11 Å². The van der Waals surface area contributed by atoms with E-state index in [2.05, 4.69) is 0 Å². The van der Waals surface area contributed by atoms with Crippen molar-refractivity contribution in [2.75, 3.05) is 13.1 Å². The molecule has 0 aromatic heterocycles. The standard InChI is InChI=1S/C14H18N2O6S/c1-8-5-13(9(2)4-12(8)16(19)20)23(21,22)15-6-10(3)11(7-15)14(17)18/h4-5,10-11H,6-7H2,1-3H3,(H,17,18)/t10-,11-/m1/s1. The Bertz CT molecular complexity index is 774. The zero-order chi connectivity index (χ0) is 17.5. The van der Waals surface area contributed by atoms with Crippen molar-refractivity contribution in [2.24, 2.45) is 11.8 Å². The SMILES string of the molecule is Cc1cc(S(=O)(=O)N2C[C@@H](C)[C@H](C(=O)O)C2)c(C)cc1[N+](=O)[O-]. The zero-order valence-electron chi connectivity index (χ0n) is 13.0. The Kier molecular flexibility index (Phi) is 4.45. The van der Waals surface area contributed by atoms with Crippen molar-refractivity contribution in [3.05, 3.63) is 33.4 Å². The van der Waals surface area contributed by atoms with Gasteiger partial charge in [-0.2, -0.15) is 4.31 Å². The molecule has 9 heteroatoms. The fourth-order valence-electron chi connectivity index (χ4n) is 2.83. The number of aliphatic carboxylic acids is 1. The zero-order valence-corrected chi connectivity index (χ0v) is 13.8. The molecule has 1 aromatic carbocycles. The molecule has 8 nitrogen and oxygen atoms in total. The third-order valence-corrected chi connectivity index (χ3v) is 6.18. The normalized spacial score (nSPS) is 22.2. The molecular formula is C14H18N2O6S. The number of hydrogen-bond donors (Lipinski definition) is 1. The Labute approximate surface area is 133 Å². The first-order chi connectivity index (χ1) is 10.6. The van der Waals surface area contributed by atoms with Gasteiger partial charge in [-0.3, -0.25) is 14.9 Å². The van der Waals surface area contributed by atoms with Gasteiger partial charge in [0, 0.05) is 24.7 Å². The molecule has 126 valence electrons. The molecule has 1 aromatic rings. The summed E-state index contributed by atoms with van der Waals surface area (Å²) in [4.78, 5) is 21.5. The van der Waals surface area contributed by atoms with Gasteiger partial charge >= 0.3 is 5.97 Å². The molecule has 1 aliphatic heterocycles. The average molecular weight is 342 g/mol. The highest BCUT2D eigenvalue weighted by Crippen LogP contribution is 2.32. The molecule has 0 radical (unpaired) electrons. The molecule has 0 saturated carbocycles.